The summed E-state index contributed by atoms with van der Waals surface area (Å²) >= 11 is 6.48. The third-order valence-electron chi connectivity index (χ3n) is 2.06. The van der Waals surface area contributed by atoms with Gasteiger partial charge in [-0.2, -0.15) is 0 Å². The molecular weight excluding hydrogens is 356 g/mol. The molecule has 1 N–H and O–H groups in total. The van der Waals surface area contributed by atoms with Gasteiger partial charge >= 0.3 is 5.97 Å². The quantitative estimate of drug-likeness (QED) is 0.813. The van der Waals surface area contributed by atoms with Crippen LogP contribution in [-0.2, 0) is 4.79 Å². The number of rotatable bonds is 5. The minimum atomic E-state index is -1.02. The number of ether oxygens (including phenoxy) is 1. The number of carboxylic acid groups (broad SMARTS) is 1. The van der Waals surface area contributed by atoms with Crippen LogP contribution in [0.5, 0.6) is 5.75 Å². The second-order valence-corrected chi connectivity index (χ2v) is 4.99. The highest BCUT2D eigenvalue weighted by atomic mass is 79.9. The molecule has 0 heterocycles. The number of carbonyl (C=O) groups is 2. The van der Waals surface area contributed by atoms with Gasteiger partial charge in [0.15, 0.2) is 6.10 Å². The molecule has 1 rings (SSSR count). The van der Waals surface area contributed by atoms with E-state index in [1.54, 1.807) is 19.1 Å². The summed E-state index contributed by atoms with van der Waals surface area (Å²) in [5.74, 6) is -0.643. The SMILES string of the molecule is CCC(Oc1c(Br)cc(C=O)cc1Br)C(=O)O. The zero-order valence-corrected chi connectivity index (χ0v) is 12.1. The molecule has 0 aromatic heterocycles. The molecule has 0 aliphatic rings. The van der Waals surface area contributed by atoms with E-state index in [1.165, 1.54) is 0 Å². The fourth-order valence-corrected chi connectivity index (χ4v) is 2.62. The third-order valence-corrected chi connectivity index (χ3v) is 3.24. The molecule has 4 nitrogen and oxygen atoms in total. The average Bonchev–Trinajstić information content (AvgIpc) is 2.27. The van der Waals surface area contributed by atoms with Gasteiger partial charge in [-0.25, -0.2) is 4.79 Å². The number of aliphatic carboxylic acids is 1. The van der Waals surface area contributed by atoms with E-state index in [2.05, 4.69) is 31.9 Å². The van der Waals surface area contributed by atoms with E-state index >= 15 is 0 Å². The van der Waals surface area contributed by atoms with Gasteiger partial charge in [-0.15, -0.1) is 0 Å². The lowest BCUT2D eigenvalue weighted by atomic mass is 10.2. The first-order valence-electron chi connectivity index (χ1n) is 4.83. The van der Waals surface area contributed by atoms with Crippen molar-refractivity contribution < 1.29 is 19.4 Å². The number of carbonyl (C=O) groups excluding carboxylic acids is 1. The first-order chi connectivity index (χ1) is 7.99. The molecule has 0 bridgehead atoms. The van der Waals surface area contributed by atoms with Crippen LogP contribution in [0.15, 0.2) is 21.1 Å². The van der Waals surface area contributed by atoms with Gasteiger partial charge in [0.05, 0.1) is 8.95 Å². The fourth-order valence-electron chi connectivity index (χ4n) is 1.21. The van der Waals surface area contributed by atoms with Crippen LogP contribution in [0.2, 0.25) is 0 Å². The van der Waals surface area contributed by atoms with E-state index < -0.39 is 12.1 Å². The van der Waals surface area contributed by atoms with Crippen molar-refractivity contribution in [1.29, 1.82) is 0 Å². The van der Waals surface area contributed by atoms with E-state index in [0.717, 1.165) is 0 Å². The van der Waals surface area contributed by atoms with E-state index in [0.29, 0.717) is 33.0 Å². The Hall–Kier alpha value is -0.880. The van der Waals surface area contributed by atoms with E-state index in [1.807, 2.05) is 0 Å². The van der Waals surface area contributed by atoms with Crippen molar-refractivity contribution in [1.82, 2.24) is 0 Å². The molecule has 0 aliphatic carbocycles. The molecule has 0 saturated carbocycles. The van der Waals surface area contributed by atoms with Crippen molar-refractivity contribution in [2.45, 2.75) is 19.4 Å². The Balaban J connectivity index is 3.06. The smallest absolute Gasteiger partial charge is 0.344 e. The maximum atomic E-state index is 10.9. The number of halogens is 2. The minimum absolute atomic E-state index is 0.351. The monoisotopic (exact) mass is 364 g/mol. The average molecular weight is 366 g/mol. The summed E-state index contributed by atoms with van der Waals surface area (Å²) in [6.07, 6.45) is 0.141. The number of benzene rings is 1. The molecule has 1 atom stereocenters. The summed E-state index contributed by atoms with van der Waals surface area (Å²) in [5.41, 5.74) is 0.472. The molecule has 0 radical (unpaired) electrons. The molecular formula is C11H10Br2O4. The summed E-state index contributed by atoms with van der Waals surface area (Å²) in [7, 11) is 0. The normalized spacial score (nSPS) is 11.9. The van der Waals surface area contributed by atoms with Gasteiger partial charge in [0.1, 0.15) is 12.0 Å². The van der Waals surface area contributed by atoms with Crippen molar-refractivity contribution in [3.05, 3.63) is 26.6 Å². The van der Waals surface area contributed by atoms with Crippen molar-refractivity contribution in [3.8, 4) is 5.75 Å². The second kappa shape index (κ2) is 6.16. The lowest BCUT2D eigenvalue weighted by molar-refractivity contribution is -0.145. The van der Waals surface area contributed by atoms with Crippen LogP contribution in [0.1, 0.15) is 23.7 Å². The predicted octanol–water partition coefficient (Wildman–Crippen LogP) is 3.27. The Morgan fingerprint density at radius 2 is 2.00 bits per heavy atom. The lowest BCUT2D eigenvalue weighted by Crippen LogP contribution is -2.26. The molecule has 1 aromatic rings. The van der Waals surface area contributed by atoms with E-state index in [4.69, 9.17) is 9.84 Å². The van der Waals surface area contributed by atoms with Crippen molar-refractivity contribution >= 4 is 44.1 Å². The van der Waals surface area contributed by atoms with Crippen LogP contribution >= 0.6 is 31.9 Å². The summed E-state index contributed by atoms with van der Waals surface area (Å²) in [4.78, 5) is 21.5. The lowest BCUT2D eigenvalue weighted by Gasteiger charge is -2.16. The molecule has 0 fully saturated rings. The second-order valence-electron chi connectivity index (χ2n) is 3.28. The van der Waals surface area contributed by atoms with Crippen LogP contribution in [0.25, 0.3) is 0 Å². The Labute approximate surface area is 115 Å². The first-order valence-corrected chi connectivity index (χ1v) is 6.41. The summed E-state index contributed by atoms with van der Waals surface area (Å²) in [6.45, 7) is 1.72. The number of aldehydes is 1. The number of hydrogen-bond acceptors (Lipinski definition) is 3. The maximum Gasteiger partial charge on any atom is 0.344 e. The highest BCUT2D eigenvalue weighted by Crippen LogP contribution is 2.35. The fraction of sp³-hybridized carbons (Fsp3) is 0.273. The van der Waals surface area contributed by atoms with Crippen LogP contribution < -0.4 is 4.74 Å². The first kappa shape index (κ1) is 14.2. The van der Waals surface area contributed by atoms with E-state index in [9.17, 15) is 9.59 Å². The van der Waals surface area contributed by atoms with Gasteiger partial charge in [0.2, 0.25) is 0 Å². The van der Waals surface area contributed by atoms with E-state index in [-0.39, 0.29) is 0 Å². The van der Waals surface area contributed by atoms with Crippen molar-refractivity contribution in [2.75, 3.05) is 0 Å². The molecule has 6 heteroatoms. The maximum absolute atomic E-state index is 10.9. The number of carboxylic acids is 1. The Bertz CT molecular complexity index is 422. The highest BCUT2D eigenvalue weighted by Gasteiger charge is 2.20. The van der Waals surface area contributed by atoms with Gasteiger partial charge in [0.25, 0.3) is 0 Å². The van der Waals surface area contributed by atoms with Gasteiger partial charge in [-0.05, 0) is 50.4 Å². The largest absolute Gasteiger partial charge is 0.479 e. The summed E-state index contributed by atoms with van der Waals surface area (Å²) in [5, 5.41) is 8.91. The predicted molar refractivity (Wildman–Crippen MR) is 69.6 cm³/mol. The molecule has 0 saturated heterocycles. The molecule has 0 amide bonds. The number of hydrogen-bond donors (Lipinski definition) is 1. The van der Waals surface area contributed by atoms with Crippen LogP contribution in [0.4, 0.5) is 0 Å². The van der Waals surface area contributed by atoms with Gasteiger partial charge in [0, 0.05) is 5.56 Å². The Kier molecular flexibility index (Phi) is 5.14. The molecule has 0 spiro atoms. The molecule has 1 aromatic carbocycles. The molecule has 0 aliphatic heterocycles. The zero-order chi connectivity index (χ0) is 13.0. The van der Waals surface area contributed by atoms with Crippen LogP contribution in [-0.4, -0.2) is 23.5 Å². The van der Waals surface area contributed by atoms with Gasteiger partial charge in [-0.1, -0.05) is 6.92 Å². The molecule has 17 heavy (non-hydrogen) atoms. The molecule has 92 valence electrons. The molecule has 1 unspecified atom stereocenters. The van der Waals surface area contributed by atoms with Crippen molar-refractivity contribution in [3.63, 3.8) is 0 Å². The topological polar surface area (TPSA) is 63.6 Å². The summed E-state index contributed by atoms with van der Waals surface area (Å²) in [6, 6.07) is 3.14. The zero-order valence-electron chi connectivity index (χ0n) is 8.94. The Morgan fingerprint density at radius 1 is 1.47 bits per heavy atom. The van der Waals surface area contributed by atoms with Crippen LogP contribution in [0, 0.1) is 0 Å². The minimum Gasteiger partial charge on any atom is -0.479 e. The van der Waals surface area contributed by atoms with Gasteiger partial charge < -0.3 is 9.84 Å². The standard InChI is InChI=1S/C11H10Br2O4/c1-2-9(11(15)16)17-10-7(12)3-6(5-14)4-8(10)13/h3-5,9H,2H2,1H3,(H,15,16). The van der Waals surface area contributed by atoms with Crippen molar-refractivity contribution in [2.24, 2.45) is 0 Å². The van der Waals surface area contributed by atoms with Crippen LogP contribution in [0.3, 0.4) is 0 Å². The third kappa shape index (κ3) is 3.54. The Morgan fingerprint density at radius 3 is 2.35 bits per heavy atom. The highest BCUT2D eigenvalue weighted by molar-refractivity contribution is 9.11. The summed E-state index contributed by atoms with van der Waals surface area (Å²) < 4.78 is 6.45. The van der Waals surface area contributed by atoms with Gasteiger partial charge in [-0.3, -0.25) is 4.79 Å².